The van der Waals surface area contributed by atoms with E-state index in [2.05, 4.69) is 41.0 Å². The minimum atomic E-state index is 0.538. The van der Waals surface area contributed by atoms with Crippen LogP contribution in [0.4, 0.5) is 0 Å². The highest BCUT2D eigenvalue weighted by Gasteiger charge is 2.34. The molecule has 1 aliphatic heterocycles. The highest BCUT2D eigenvalue weighted by Crippen LogP contribution is 2.31. The lowest BCUT2D eigenvalue weighted by atomic mass is 9.94. The molecule has 1 saturated carbocycles. The molecule has 1 aromatic heterocycles. The Bertz CT molecular complexity index is 587. The molecule has 4 rings (SSSR count). The van der Waals surface area contributed by atoms with E-state index in [0.29, 0.717) is 12.1 Å². The van der Waals surface area contributed by atoms with E-state index in [-0.39, 0.29) is 0 Å². The molecule has 3 nitrogen and oxygen atoms in total. The minimum Gasteiger partial charge on any atom is -0.379 e. The molecule has 3 unspecified atom stereocenters. The van der Waals surface area contributed by atoms with Crippen molar-refractivity contribution in [3.8, 4) is 0 Å². The van der Waals surface area contributed by atoms with E-state index in [4.69, 9.17) is 4.74 Å². The Morgan fingerprint density at radius 2 is 2.23 bits per heavy atom. The van der Waals surface area contributed by atoms with Gasteiger partial charge in [0.05, 0.1) is 13.2 Å². The third-order valence-corrected chi connectivity index (χ3v) is 6.17. The van der Waals surface area contributed by atoms with Gasteiger partial charge in [0.1, 0.15) is 0 Å². The summed E-state index contributed by atoms with van der Waals surface area (Å²) in [7, 11) is 0. The Morgan fingerprint density at radius 1 is 1.27 bits per heavy atom. The summed E-state index contributed by atoms with van der Waals surface area (Å²) in [5.41, 5.74) is 0. The molecule has 0 bridgehead atoms. The third-order valence-electron chi connectivity index (χ3n) is 5.05. The zero-order valence-electron chi connectivity index (χ0n) is 12.9. The van der Waals surface area contributed by atoms with Gasteiger partial charge in [-0.25, -0.2) is 0 Å². The maximum absolute atomic E-state index is 5.66. The maximum atomic E-state index is 5.66. The minimum absolute atomic E-state index is 0.538. The molecule has 1 aromatic carbocycles. The summed E-state index contributed by atoms with van der Waals surface area (Å²) in [6, 6.07) is 12.2. The van der Waals surface area contributed by atoms with E-state index in [1.807, 2.05) is 11.3 Å². The van der Waals surface area contributed by atoms with E-state index < -0.39 is 0 Å². The summed E-state index contributed by atoms with van der Waals surface area (Å²) in [4.78, 5) is 1.44. The summed E-state index contributed by atoms with van der Waals surface area (Å²) in [5.74, 6) is 0.717. The van der Waals surface area contributed by atoms with Gasteiger partial charge in [-0.2, -0.15) is 0 Å². The predicted molar refractivity (Wildman–Crippen MR) is 92.4 cm³/mol. The second-order valence-corrected chi connectivity index (χ2v) is 7.64. The van der Waals surface area contributed by atoms with Crippen LogP contribution in [0.25, 0.3) is 10.1 Å². The standard InChI is InChI=1S/C18H24N2OS/c1-2-7-18-13(4-1)10-14(22-18)11-20-16-6-3-5-15(16)17-12-21-9-8-19-17/h1-2,4,7,10,15-17,19-20H,3,5-6,8-9,11-12H2. The fourth-order valence-electron chi connectivity index (χ4n) is 3.94. The molecule has 118 valence electrons. The van der Waals surface area contributed by atoms with Crippen LogP contribution in [0.5, 0.6) is 0 Å². The smallest absolute Gasteiger partial charge is 0.0623 e. The second kappa shape index (κ2) is 6.67. The van der Waals surface area contributed by atoms with Crippen molar-refractivity contribution < 1.29 is 4.74 Å². The number of fused-ring (bicyclic) bond motifs is 1. The molecule has 0 spiro atoms. The van der Waals surface area contributed by atoms with Crippen LogP contribution in [-0.4, -0.2) is 31.8 Å². The van der Waals surface area contributed by atoms with Crippen molar-refractivity contribution in [2.75, 3.05) is 19.8 Å². The number of hydrogen-bond donors (Lipinski definition) is 2. The van der Waals surface area contributed by atoms with Gasteiger partial charge < -0.3 is 15.4 Å². The molecule has 4 heteroatoms. The van der Waals surface area contributed by atoms with Crippen LogP contribution in [0.1, 0.15) is 24.1 Å². The lowest BCUT2D eigenvalue weighted by molar-refractivity contribution is 0.0524. The molecule has 0 radical (unpaired) electrons. The summed E-state index contributed by atoms with van der Waals surface area (Å²) in [6.45, 7) is 3.74. The first kappa shape index (κ1) is 14.6. The SMILES string of the molecule is c1ccc2sc(CNC3CCCC3C3COCCN3)cc2c1. The molecule has 2 aliphatic rings. The third kappa shape index (κ3) is 3.06. The van der Waals surface area contributed by atoms with Crippen molar-refractivity contribution in [2.24, 2.45) is 5.92 Å². The van der Waals surface area contributed by atoms with Crippen molar-refractivity contribution in [2.45, 2.75) is 37.9 Å². The fraction of sp³-hybridized carbons (Fsp3) is 0.556. The van der Waals surface area contributed by atoms with Crippen LogP contribution < -0.4 is 10.6 Å². The van der Waals surface area contributed by atoms with Crippen LogP contribution in [0.3, 0.4) is 0 Å². The molecule has 2 N–H and O–H groups in total. The van der Waals surface area contributed by atoms with Gasteiger partial charge in [0.2, 0.25) is 0 Å². The van der Waals surface area contributed by atoms with Crippen molar-refractivity contribution in [1.29, 1.82) is 0 Å². The number of morpholine rings is 1. The van der Waals surface area contributed by atoms with Crippen molar-refractivity contribution in [3.05, 3.63) is 35.2 Å². The van der Waals surface area contributed by atoms with Gasteiger partial charge in [0, 0.05) is 34.8 Å². The summed E-state index contributed by atoms with van der Waals surface area (Å²) in [6.07, 6.45) is 3.96. The average Bonchev–Trinajstić information content (AvgIpc) is 3.20. The largest absolute Gasteiger partial charge is 0.379 e. The molecule has 3 atom stereocenters. The van der Waals surface area contributed by atoms with E-state index in [1.165, 1.54) is 34.2 Å². The van der Waals surface area contributed by atoms with Crippen molar-refractivity contribution in [1.82, 2.24) is 10.6 Å². The number of ether oxygens (including phenoxy) is 1. The second-order valence-electron chi connectivity index (χ2n) is 6.47. The van der Waals surface area contributed by atoms with Crippen LogP contribution in [0.2, 0.25) is 0 Å². The summed E-state index contributed by atoms with van der Waals surface area (Å²) in [5, 5.41) is 8.84. The highest BCUT2D eigenvalue weighted by atomic mass is 32.1. The van der Waals surface area contributed by atoms with Crippen molar-refractivity contribution in [3.63, 3.8) is 0 Å². The predicted octanol–water partition coefficient (Wildman–Crippen LogP) is 3.15. The van der Waals surface area contributed by atoms with E-state index in [0.717, 1.165) is 32.2 Å². The van der Waals surface area contributed by atoms with Gasteiger partial charge in [-0.3, -0.25) is 0 Å². The molecule has 2 heterocycles. The van der Waals surface area contributed by atoms with Gasteiger partial charge in [-0.05, 0) is 36.3 Å². The Morgan fingerprint density at radius 3 is 3.09 bits per heavy atom. The van der Waals surface area contributed by atoms with Crippen molar-refractivity contribution >= 4 is 21.4 Å². The number of rotatable bonds is 4. The molecule has 2 fully saturated rings. The van der Waals surface area contributed by atoms with E-state index in [9.17, 15) is 0 Å². The van der Waals surface area contributed by atoms with Crippen LogP contribution in [0.15, 0.2) is 30.3 Å². The lowest BCUT2D eigenvalue weighted by Crippen LogP contribution is -2.50. The van der Waals surface area contributed by atoms with Gasteiger partial charge in [0.15, 0.2) is 0 Å². The quantitative estimate of drug-likeness (QED) is 0.909. The number of thiophene rings is 1. The molecule has 22 heavy (non-hydrogen) atoms. The normalized spacial score (nSPS) is 29.2. The lowest BCUT2D eigenvalue weighted by Gasteiger charge is -2.33. The highest BCUT2D eigenvalue weighted by molar-refractivity contribution is 7.19. The molecular formula is C18H24N2OS. The monoisotopic (exact) mass is 316 g/mol. The Hall–Kier alpha value is -0.940. The first-order valence-corrected chi connectivity index (χ1v) is 9.24. The topological polar surface area (TPSA) is 33.3 Å². The molecular weight excluding hydrogens is 292 g/mol. The zero-order chi connectivity index (χ0) is 14.8. The molecule has 0 amide bonds. The zero-order valence-corrected chi connectivity index (χ0v) is 13.7. The Labute approximate surface area is 136 Å². The van der Waals surface area contributed by atoms with Crippen LogP contribution in [0, 0.1) is 5.92 Å². The van der Waals surface area contributed by atoms with Gasteiger partial charge >= 0.3 is 0 Å². The molecule has 2 aromatic rings. The van der Waals surface area contributed by atoms with Gasteiger partial charge in [-0.1, -0.05) is 24.6 Å². The van der Waals surface area contributed by atoms with Gasteiger partial charge in [-0.15, -0.1) is 11.3 Å². The molecule has 1 saturated heterocycles. The van der Waals surface area contributed by atoms with E-state index in [1.54, 1.807) is 0 Å². The van der Waals surface area contributed by atoms with E-state index >= 15 is 0 Å². The average molecular weight is 316 g/mol. The fourth-order valence-corrected chi connectivity index (χ4v) is 4.96. The number of nitrogens with one attached hydrogen (secondary N) is 2. The first-order chi connectivity index (χ1) is 10.9. The molecule has 1 aliphatic carbocycles. The van der Waals surface area contributed by atoms with Crippen LogP contribution >= 0.6 is 11.3 Å². The number of hydrogen-bond acceptors (Lipinski definition) is 4. The summed E-state index contributed by atoms with van der Waals surface area (Å²) < 4.78 is 7.05. The van der Waals surface area contributed by atoms with Gasteiger partial charge in [0.25, 0.3) is 0 Å². The first-order valence-electron chi connectivity index (χ1n) is 8.42. The Kier molecular flexibility index (Phi) is 4.44. The maximum Gasteiger partial charge on any atom is 0.0623 e. The Balaban J connectivity index is 1.39. The number of benzene rings is 1. The summed E-state index contributed by atoms with van der Waals surface area (Å²) >= 11 is 1.91. The van der Waals surface area contributed by atoms with Crippen LogP contribution in [-0.2, 0) is 11.3 Å².